The number of fused-ring (bicyclic) bond motifs is 1. The minimum absolute atomic E-state index is 0.0624. The molecule has 2 aliphatic heterocycles. The van der Waals surface area contributed by atoms with Gasteiger partial charge < -0.3 is 9.47 Å². The number of rotatable bonds is 4. The molecule has 7 aliphatic rings. The number of hydrogen-bond donors (Lipinski definition) is 0. The van der Waals surface area contributed by atoms with Crippen LogP contribution in [-0.4, -0.2) is 49.0 Å². The summed E-state index contributed by atoms with van der Waals surface area (Å²) in [6.07, 6.45) is 10.3. The Labute approximate surface area is 227 Å². The predicted molar refractivity (Wildman–Crippen MR) is 142 cm³/mol. The minimum atomic E-state index is -0.558. The second-order valence-electron chi connectivity index (χ2n) is 13.8. The summed E-state index contributed by atoms with van der Waals surface area (Å²) < 4.78 is 11.1. The van der Waals surface area contributed by atoms with Crippen molar-refractivity contribution in [2.45, 2.75) is 79.1 Å². The van der Waals surface area contributed by atoms with E-state index in [-0.39, 0.29) is 64.9 Å². The zero-order valence-electron chi connectivity index (χ0n) is 23.5. The maximum atomic E-state index is 13.6. The summed E-state index contributed by atoms with van der Waals surface area (Å²) in [6, 6.07) is 0. The van der Waals surface area contributed by atoms with E-state index >= 15 is 0 Å². The van der Waals surface area contributed by atoms with Gasteiger partial charge in [-0.15, -0.1) is 0 Å². The Hall–Kier alpha value is -2.13. The lowest BCUT2D eigenvalue weighted by Gasteiger charge is -2.68. The second-order valence-corrected chi connectivity index (χ2v) is 13.8. The highest BCUT2D eigenvalue weighted by molar-refractivity contribution is 5.98. The lowest BCUT2D eigenvalue weighted by atomic mass is 9.34. The average molecular weight is 522 g/mol. The molecule has 38 heavy (non-hydrogen) atoms. The highest BCUT2D eigenvalue weighted by atomic mass is 16.6. The van der Waals surface area contributed by atoms with E-state index in [9.17, 15) is 14.4 Å². The number of carbonyl (C=O) groups excluding carboxylic acids is 3. The van der Waals surface area contributed by atoms with E-state index < -0.39 is 5.41 Å². The molecule has 0 radical (unpaired) electrons. The monoisotopic (exact) mass is 521 g/mol. The molecule has 2 saturated heterocycles. The minimum Gasteiger partial charge on any atom is -0.452 e. The van der Waals surface area contributed by atoms with Gasteiger partial charge in [0.05, 0.1) is 23.8 Å². The number of allylic oxidation sites excluding steroid dienone is 2. The fraction of sp³-hybridized carbons (Fsp3) is 0.781. The predicted octanol–water partition coefficient (Wildman–Crippen LogP) is 4.77. The third kappa shape index (κ3) is 3.67. The Morgan fingerprint density at radius 1 is 1.08 bits per heavy atom. The topological polar surface area (TPSA) is 72.9 Å². The molecule has 3 saturated carbocycles. The Balaban J connectivity index is 1.25. The molecule has 0 N–H and O–H groups in total. The van der Waals surface area contributed by atoms with Gasteiger partial charge in [-0.1, -0.05) is 50.7 Å². The van der Waals surface area contributed by atoms with Gasteiger partial charge in [0.15, 0.2) is 6.61 Å². The van der Waals surface area contributed by atoms with E-state index in [4.69, 9.17) is 9.47 Å². The largest absolute Gasteiger partial charge is 0.452 e. The third-order valence-corrected chi connectivity index (χ3v) is 11.8. The normalized spacial score (nSPS) is 43.5. The van der Waals surface area contributed by atoms with Crippen molar-refractivity contribution in [2.75, 3.05) is 26.2 Å². The maximum Gasteiger partial charge on any atom is 0.318 e. The maximum absolute atomic E-state index is 13.6. The zero-order valence-corrected chi connectivity index (χ0v) is 23.5. The van der Waals surface area contributed by atoms with Crippen LogP contribution in [0.3, 0.4) is 0 Å². The number of likely N-dealkylation sites (tertiary alicyclic amines) is 1. The molecule has 2 bridgehead atoms. The molecule has 5 aliphatic carbocycles. The quantitative estimate of drug-likeness (QED) is 0.230. The number of cyclic esters (lactones) is 2. The molecule has 2 heterocycles. The van der Waals surface area contributed by atoms with Crippen molar-refractivity contribution >= 4 is 17.9 Å². The summed E-state index contributed by atoms with van der Waals surface area (Å²) in [5.41, 5.74) is 0.329. The van der Waals surface area contributed by atoms with Gasteiger partial charge in [0.1, 0.15) is 0 Å². The molecular weight excluding hydrogens is 478 g/mol. The first-order valence-electron chi connectivity index (χ1n) is 15.0. The first-order valence-corrected chi connectivity index (χ1v) is 15.0. The van der Waals surface area contributed by atoms with Crippen LogP contribution in [0.25, 0.3) is 0 Å². The standard InChI is InChI=1S/C32H43NO5/c1-20(2)22-19-32-13-10-23-30(3,24(32)18-21(22)25-26(32)28(35)38-27(25)34)11-9-12-31(23,4)29(36)37-17-8-7-16-33-14-5-6-15-33/h19-21,23-26H,5-6,9-18H2,1-4H3. The van der Waals surface area contributed by atoms with Crippen molar-refractivity contribution < 1.29 is 23.9 Å². The molecule has 8 unspecified atom stereocenters. The van der Waals surface area contributed by atoms with E-state index in [2.05, 4.69) is 50.5 Å². The first kappa shape index (κ1) is 26.1. The van der Waals surface area contributed by atoms with Crippen LogP contribution in [0.4, 0.5) is 0 Å². The van der Waals surface area contributed by atoms with Gasteiger partial charge in [0.2, 0.25) is 0 Å². The number of carbonyl (C=O) groups is 3. The van der Waals surface area contributed by atoms with Gasteiger partial charge in [0.25, 0.3) is 0 Å². The molecule has 206 valence electrons. The molecular formula is C32H43NO5. The molecule has 0 aromatic carbocycles. The summed E-state index contributed by atoms with van der Waals surface area (Å²) in [7, 11) is 0. The fourth-order valence-corrected chi connectivity index (χ4v) is 10.2. The highest BCUT2D eigenvalue weighted by Gasteiger charge is 2.73. The lowest BCUT2D eigenvalue weighted by molar-refractivity contribution is -0.197. The zero-order chi connectivity index (χ0) is 26.9. The highest BCUT2D eigenvalue weighted by Crippen LogP contribution is 2.74. The SMILES string of the molecule is CC(C)C1=CC23CCC4C(C)(C(=O)OCC#CCN5CCCC5)CCCC4(C)C2CC1C1C(=O)OC(=O)C13. The van der Waals surface area contributed by atoms with Gasteiger partial charge in [-0.2, -0.15) is 0 Å². The third-order valence-electron chi connectivity index (χ3n) is 11.8. The average Bonchev–Trinajstić information content (AvgIpc) is 3.51. The van der Waals surface area contributed by atoms with Crippen LogP contribution in [0.15, 0.2) is 11.6 Å². The molecule has 1 spiro atoms. The fourth-order valence-electron chi connectivity index (χ4n) is 10.2. The number of esters is 3. The molecule has 0 aromatic heterocycles. The number of hydrogen-bond acceptors (Lipinski definition) is 6. The van der Waals surface area contributed by atoms with Gasteiger partial charge in [-0.3, -0.25) is 19.3 Å². The summed E-state index contributed by atoms with van der Waals surface area (Å²) in [5.74, 6) is 5.64. The molecule has 0 amide bonds. The van der Waals surface area contributed by atoms with E-state index in [0.29, 0.717) is 5.92 Å². The Kier molecular flexibility index (Phi) is 6.34. The molecule has 7 rings (SSSR count). The lowest BCUT2D eigenvalue weighted by Crippen LogP contribution is -2.65. The van der Waals surface area contributed by atoms with Crippen molar-refractivity contribution in [2.24, 2.45) is 51.8 Å². The van der Waals surface area contributed by atoms with Gasteiger partial charge in [-0.25, -0.2) is 0 Å². The van der Waals surface area contributed by atoms with Crippen molar-refractivity contribution in [1.82, 2.24) is 4.90 Å². The molecule has 5 fully saturated rings. The van der Waals surface area contributed by atoms with Gasteiger partial charge in [-0.05, 0) is 94.0 Å². The summed E-state index contributed by atoms with van der Waals surface area (Å²) in [4.78, 5) is 42.0. The Morgan fingerprint density at radius 3 is 2.58 bits per heavy atom. The van der Waals surface area contributed by atoms with Crippen molar-refractivity contribution in [3.05, 3.63) is 11.6 Å². The van der Waals surface area contributed by atoms with Crippen molar-refractivity contribution in [3.63, 3.8) is 0 Å². The Bertz CT molecular complexity index is 1120. The van der Waals surface area contributed by atoms with Crippen LogP contribution >= 0.6 is 0 Å². The molecule has 6 nitrogen and oxygen atoms in total. The number of nitrogens with zero attached hydrogens (tertiary/aromatic N) is 1. The molecule has 8 atom stereocenters. The molecule has 6 heteroatoms. The van der Waals surface area contributed by atoms with E-state index in [0.717, 1.165) is 58.2 Å². The van der Waals surface area contributed by atoms with Crippen LogP contribution in [0.5, 0.6) is 0 Å². The number of ether oxygens (including phenoxy) is 2. The van der Waals surface area contributed by atoms with Crippen LogP contribution < -0.4 is 0 Å². The van der Waals surface area contributed by atoms with Crippen LogP contribution in [-0.2, 0) is 23.9 Å². The Morgan fingerprint density at radius 2 is 1.84 bits per heavy atom. The second kappa shape index (κ2) is 9.22. The first-order chi connectivity index (χ1) is 18.1. The van der Waals surface area contributed by atoms with E-state index in [1.165, 1.54) is 18.4 Å². The van der Waals surface area contributed by atoms with E-state index in [1.54, 1.807) is 0 Å². The molecule has 0 aromatic rings. The summed E-state index contributed by atoms with van der Waals surface area (Å²) >= 11 is 0. The van der Waals surface area contributed by atoms with Crippen molar-refractivity contribution in [3.8, 4) is 11.8 Å². The van der Waals surface area contributed by atoms with Crippen LogP contribution in [0.2, 0.25) is 0 Å². The van der Waals surface area contributed by atoms with Crippen molar-refractivity contribution in [1.29, 1.82) is 0 Å². The van der Waals surface area contributed by atoms with Gasteiger partial charge >= 0.3 is 17.9 Å². The van der Waals surface area contributed by atoms with Crippen LogP contribution in [0.1, 0.15) is 79.1 Å². The smallest absolute Gasteiger partial charge is 0.318 e. The van der Waals surface area contributed by atoms with Crippen LogP contribution in [0, 0.1) is 63.6 Å². The van der Waals surface area contributed by atoms with E-state index in [1.807, 2.05) is 0 Å². The summed E-state index contributed by atoms with van der Waals surface area (Å²) in [6.45, 7) is 12.0. The van der Waals surface area contributed by atoms with Gasteiger partial charge in [0, 0.05) is 5.41 Å². The summed E-state index contributed by atoms with van der Waals surface area (Å²) in [5, 5.41) is 0.